The minimum absolute atomic E-state index is 0.141. The van der Waals surface area contributed by atoms with Gasteiger partial charge in [-0.25, -0.2) is 0 Å². The average Bonchev–Trinajstić information content (AvgIpc) is 2.22. The van der Waals surface area contributed by atoms with Gasteiger partial charge in [0.05, 0.1) is 5.02 Å². The Morgan fingerprint density at radius 1 is 1.56 bits per heavy atom. The van der Waals surface area contributed by atoms with Crippen molar-refractivity contribution in [2.45, 2.75) is 4.90 Å². The SMILES string of the molecule is NC(=S)N/N=C/CSc1cc(Cl)ccc1Cl. The molecule has 0 atom stereocenters. The van der Waals surface area contributed by atoms with Gasteiger partial charge in [-0.3, -0.25) is 5.43 Å². The number of halogens is 2. The topological polar surface area (TPSA) is 50.4 Å². The molecule has 0 radical (unpaired) electrons. The maximum atomic E-state index is 5.98. The van der Waals surface area contributed by atoms with Crippen molar-refractivity contribution in [3.05, 3.63) is 28.2 Å². The number of rotatable bonds is 4. The van der Waals surface area contributed by atoms with Crippen molar-refractivity contribution in [3.63, 3.8) is 0 Å². The highest BCUT2D eigenvalue weighted by Crippen LogP contribution is 2.29. The third-order valence-corrected chi connectivity index (χ3v) is 3.21. The van der Waals surface area contributed by atoms with Gasteiger partial charge in [0.25, 0.3) is 0 Å². The number of hydrazone groups is 1. The molecule has 1 aromatic rings. The summed E-state index contributed by atoms with van der Waals surface area (Å²) >= 11 is 17.9. The first-order chi connectivity index (χ1) is 7.59. The van der Waals surface area contributed by atoms with Gasteiger partial charge in [-0.15, -0.1) is 11.8 Å². The highest BCUT2D eigenvalue weighted by atomic mass is 35.5. The first-order valence-electron chi connectivity index (χ1n) is 4.24. The fourth-order valence-corrected chi connectivity index (χ4v) is 2.18. The average molecular weight is 294 g/mol. The first kappa shape index (κ1) is 13.6. The lowest BCUT2D eigenvalue weighted by molar-refractivity contribution is 1.04. The molecule has 3 nitrogen and oxygen atoms in total. The summed E-state index contributed by atoms with van der Waals surface area (Å²) in [5.41, 5.74) is 7.66. The maximum absolute atomic E-state index is 5.98. The smallest absolute Gasteiger partial charge is 0.184 e. The summed E-state index contributed by atoms with van der Waals surface area (Å²) in [6.45, 7) is 0. The second kappa shape index (κ2) is 6.96. The Kier molecular flexibility index (Phi) is 5.90. The van der Waals surface area contributed by atoms with Crippen LogP contribution >= 0.6 is 47.2 Å². The number of nitrogens with one attached hydrogen (secondary N) is 1. The Morgan fingerprint density at radius 3 is 3.00 bits per heavy atom. The van der Waals surface area contributed by atoms with E-state index in [1.807, 2.05) is 6.07 Å². The minimum atomic E-state index is 0.141. The molecule has 86 valence electrons. The van der Waals surface area contributed by atoms with Crippen LogP contribution in [0.5, 0.6) is 0 Å². The van der Waals surface area contributed by atoms with E-state index in [0.717, 1.165) is 4.90 Å². The molecular formula is C9H9Cl2N3S2. The second-order valence-corrected chi connectivity index (χ2v) is 5.02. The molecule has 3 N–H and O–H groups in total. The molecule has 1 rings (SSSR count). The Labute approximate surface area is 113 Å². The third-order valence-electron chi connectivity index (χ3n) is 1.47. The number of hydrogen-bond acceptors (Lipinski definition) is 3. The van der Waals surface area contributed by atoms with Crippen molar-refractivity contribution in [1.82, 2.24) is 5.43 Å². The molecule has 0 aromatic heterocycles. The molecule has 0 aliphatic rings. The van der Waals surface area contributed by atoms with Crippen LogP contribution in [0, 0.1) is 0 Å². The van der Waals surface area contributed by atoms with Crippen molar-refractivity contribution in [1.29, 1.82) is 0 Å². The summed E-state index contributed by atoms with van der Waals surface area (Å²) in [4.78, 5) is 0.913. The number of thiocarbonyl (C=S) groups is 1. The molecule has 0 aliphatic carbocycles. The largest absolute Gasteiger partial charge is 0.375 e. The Hall–Kier alpha value is -0.490. The standard InChI is InChI=1S/C9H9Cl2N3S2/c10-6-1-2-7(11)8(5-6)16-4-3-13-14-9(12)15/h1-3,5H,4H2,(H3,12,14,15)/b13-3+. The lowest BCUT2D eigenvalue weighted by Crippen LogP contribution is -2.24. The highest BCUT2D eigenvalue weighted by molar-refractivity contribution is 8.00. The molecule has 0 fully saturated rings. The number of thioether (sulfide) groups is 1. The Morgan fingerprint density at radius 2 is 2.31 bits per heavy atom. The molecular weight excluding hydrogens is 285 g/mol. The van der Waals surface area contributed by atoms with Crippen molar-refractivity contribution in [2.24, 2.45) is 10.8 Å². The Bertz CT molecular complexity index is 410. The van der Waals surface area contributed by atoms with Crippen molar-refractivity contribution in [2.75, 3.05) is 5.75 Å². The molecule has 7 heteroatoms. The quantitative estimate of drug-likeness (QED) is 0.388. The van der Waals surface area contributed by atoms with E-state index in [1.165, 1.54) is 11.8 Å². The summed E-state index contributed by atoms with van der Waals surface area (Å²) in [5.74, 6) is 0.648. The summed E-state index contributed by atoms with van der Waals surface area (Å²) in [5, 5.41) is 5.27. The number of nitrogens with zero attached hydrogens (tertiary/aromatic N) is 1. The minimum Gasteiger partial charge on any atom is -0.375 e. The van der Waals surface area contributed by atoms with Crippen LogP contribution in [-0.4, -0.2) is 17.1 Å². The van der Waals surface area contributed by atoms with Crippen LogP contribution in [0.3, 0.4) is 0 Å². The van der Waals surface area contributed by atoms with E-state index in [1.54, 1.807) is 18.3 Å². The van der Waals surface area contributed by atoms with Crippen LogP contribution in [-0.2, 0) is 0 Å². The lowest BCUT2D eigenvalue weighted by Gasteiger charge is -2.01. The maximum Gasteiger partial charge on any atom is 0.184 e. The van der Waals surface area contributed by atoms with Gasteiger partial charge in [0, 0.05) is 21.9 Å². The zero-order chi connectivity index (χ0) is 12.0. The van der Waals surface area contributed by atoms with E-state index in [0.29, 0.717) is 15.8 Å². The fourth-order valence-electron chi connectivity index (χ4n) is 0.861. The summed E-state index contributed by atoms with van der Waals surface area (Å²) in [6, 6.07) is 5.32. The summed E-state index contributed by atoms with van der Waals surface area (Å²) < 4.78 is 0. The van der Waals surface area contributed by atoms with Gasteiger partial charge < -0.3 is 5.73 Å². The molecule has 0 saturated carbocycles. The van der Waals surface area contributed by atoms with Crippen LogP contribution in [0.15, 0.2) is 28.2 Å². The third kappa shape index (κ3) is 5.03. The predicted octanol–water partition coefficient (Wildman–Crippen LogP) is 2.90. The van der Waals surface area contributed by atoms with Gasteiger partial charge in [-0.1, -0.05) is 23.2 Å². The monoisotopic (exact) mass is 293 g/mol. The zero-order valence-corrected chi connectivity index (χ0v) is 11.3. The number of hydrogen-bond donors (Lipinski definition) is 2. The van der Waals surface area contributed by atoms with Gasteiger partial charge in [-0.05, 0) is 30.4 Å². The van der Waals surface area contributed by atoms with Gasteiger partial charge in [-0.2, -0.15) is 5.10 Å². The van der Waals surface area contributed by atoms with Gasteiger partial charge in [0.2, 0.25) is 0 Å². The predicted molar refractivity (Wildman–Crippen MR) is 75.6 cm³/mol. The van der Waals surface area contributed by atoms with E-state index in [4.69, 9.17) is 28.9 Å². The molecule has 0 aliphatic heterocycles. The lowest BCUT2D eigenvalue weighted by atomic mass is 10.4. The fraction of sp³-hybridized carbons (Fsp3) is 0.111. The summed E-state index contributed by atoms with van der Waals surface area (Å²) in [7, 11) is 0. The van der Waals surface area contributed by atoms with Crippen molar-refractivity contribution in [3.8, 4) is 0 Å². The van der Waals surface area contributed by atoms with E-state index in [-0.39, 0.29) is 5.11 Å². The van der Waals surface area contributed by atoms with Gasteiger partial charge in [0.1, 0.15) is 0 Å². The van der Waals surface area contributed by atoms with Crippen LogP contribution < -0.4 is 11.2 Å². The molecule has 0 heterocycles. The van der Waals surface area contributed by atoms with Crippen LogP contribution in [0.1, 0.15) is 0 Å². The van der Waals surface area contributed by atoms with E-state index in [9.17, 15) is 0 Å². The molecule has 0 amide bonds. The van der Waals surface area contributed by atoms with Gasteiger partial charge in [0.15, 0.2) is 5.11 Å². The van der Waals surface area contributed by atoms with E-state index < -0.39 is 0 Å². The first-order valence-corrected chi connectivity index (χ1v) is 6.39. The highest BCUT2D eigenvalue weighted by Gasteiger charge is 2.00. The van der Waals surface area contributed by atoms with E-state index in [2.05, 4.69) is 22.7 Å². The molecule has 0 bridgehead atoms. The van der Waals surface area contributed by atoms with Crippen LogP contribution in [0.2, 0.25) is 10.0 Å². The zero-order valence-electron chi connectivity index (χ0n) is 8.11. The number of nitrogens with two attached hydrogens (primary N) is 1. The molecule has 0 saturated heterocycles. The summed E-state index contributed by atoms with van der Waals surface area (Å²) in [6.07, 6.45) is 1.65. The molecule has 1 aromatic carbocycles. The van der Waals surface area contributed by atoms with Crippen molar-refractivity contribution >= 4 is 58.5 Å². The molecule has 16 heavy (non-hydrogen) atoms. The Balaban J connectivity index is 2.45. The van der Waals surface area contributed by atoms with Gasteiger partial charge >= 0.3 is 0 Å². The molecule has 0 spiro atoms. The van der Waals surface area contributed by atoms with Crippen molar-refractivity contribution < 1.29 is 0 Å². The number of benzene rings is 1. The normalized spacial score (nSPS) is 10.6. The molecule has 0 unspecified atom stereocenters. The van der Waals surface area contributed by atoms with Crippen LogP contribution in [0.4, 0.5) is 0 Å². The van der Waals surface area contributed by atoms with Crippen LogP contribution in [0.25, 0.3) is 0 Å². The second-order valence-electron chi connectivity index (χ2n) is 2.67. The van der Waals surface area contributed by atoms with E-state index >= 15 is 0 Å².